The lowest BCUT2D eigenvalue weighted by atomic mass is 10.1. The first-order chi connectivity index (χ1) is 13.6. The van der Waals surface area contributed by atoms with E-state index in [2.05, 4.69) is 20.3 Å². The van der Waals surface area contributed by atoms with E-state index in [1.165, 1.54) is 12.0 Å². The van der Waals surface area contributed by atoms with Gasteiger partial charge in [-0.15, -0.1) is 11.3 Å². The Hall–Kier alpha value is -2.71. The van der Waals surface area contributed by atoms with Gasteiger partial charge in [0.05, 0.1) is 25.1 Å². The normalized spacial score (nSPS) is 17.0. The van der Waals surface area contributed by atoms with Crippen molar-refractivity contribution in [2.75, 3.05) is 20.2 Å². The number of nitrogens with zero attached hydrogens (tertiary/aromatic N) is 1. The van der Waals surface area contributed by atoms with Gasteiger partial charge in [-0.3, -0.25) is 14.5 Å². The molecule has 1 aliphatic heterocycles. The molecule has 1 aromatic carbocycles. The molecule has 1 aliphatic rings. The summed E-state index contributed by atoms with van der Waals surface area (Å²) in [5.74, 6) is -0.694. The Kier molecular flexibility index (Phi) is 6.78. The topological polar surface area (TPSA) is 87.7 Å². The minimum absolute atomic E-state index is 0.109. The maximum absolute atomic E-state index is 12.4. The Bertz CT molecular complexity index is 820. The van der Waals surface area contributed by atoms with Gasteiger partial charge in [0.15, 0.2) is 0 Å². The molecule has 1 fully saturated rings. The molecular formula is C20H23N3O4S. The zero-order chi connectivity index (χ0) is 19.9. The first-order valence-corrected chi connectivity index (χ1v) is 9.93. The van der Waals surface area contributed by atoms with Crippen molar-refractivity contribution < 1.29 is 19.1 Å². The van der Waals surface area contributed by atoms with Crippen LogP contribution in [0.2, 0.25) is 0 Å². The highest BCUT2D eigenvalue weighted by molar-refractivity contribution is 7.09. The molecule has 2 N–H and O–H groups in total. The summed E-state index contributed by atoms with van der Waals surface area (Å²) in [6.07, 6.45) is 0.109. The first kappa shape index (κ1) is 20.0. The highest BCUT2D eigenvalue weighted by atomic mass is 32.1. The third-order valence-electron chi connectivity index (χ3n) is 4.62. The zero-order valence-electron chi connectivity index (χ0n) is 15.6. The van der Waals surface area contributed by atoms with Gasteiger partial charge in [-0.25, -0.2) is 4.79 Å². The van der Waals surface area contributed by atoms with Crippen LogP contribution in [0.4, 0.5) is 0 Å². The van der Waals surface area contributed by atoms with E-state index in [0.717, 1.165) is 12.1 Å². The van der Waals surface area contributed by atoms with Crippen LogP contribution in [-0.4, -0.2) is 48.9 Å². The molecule has 0 saturated carbocycles. The predicted octanol–water partition coefficient (Wildman–Crippen LogP) is 1.54. The average Bonchev–Trinajstić information content (AvgIpc) is 3.22. The lowest BCUT2D eigenvalue weighted by molar-refractivity contribution is -0.134. The smallest absolute Gasteiger partial charge is 0.337 e. The van der Waals surface area contributed by atoms with E-state index in [0.29, 0.717) is 25.2 Å². The Morgan fingerprint density at radius 3 is 2.75 bits per heavy atom. The lowest BCUT2D eigenvalue weighted by Gasteiger charge is -2.34. The molecule has 1 unspecified atom stereocenters. The van der Waals surface area contributed by atoms with Gasteiger partial charge in [0.25, 0.3) is 0 Å². The zero-order valence-corrected chi connectivity index (χ0v) is 16.5. The van der Waals surface area contributed by atoms with Gasteiger partial charge in [0.1, 0.15) is 0 Å². The van der Waals surface area contributed by atoms with E-state index in [4.69, 9.17) is 0 Å². The van der Waals surface area contributed by atoms with E-state index in [1.807, 2.05) is 17.5 Å². The molecule has 1 saturated heterocycles. The van der Waals surface area contributed by atoms with Crippen LogP contribution in [0.25, 0.3) is 0 Å². The number of carbonyl (C=O) groups is 3. The van der Waals surface area contributed by atoms with Crippen molar-refractivity contribution in [3.8, 4) is 0 Å². The Morgan fingerprint density at radius 2 is 2.07 bits per heavy atom. The van der Waals surface area contributed by atoms with Crippen molar-refractivity contribution in [3.05, 3.63) is 57.8 Å². The summed E-state index contributed by atoms with van der Waals surface area (Å²) in [5.41, 5.74) is 1.32. The Morgan fingerprint density at radius 1 is 1.29 bits per heavy atom. The van der Waals surface area contributed by atoms with Crippen LogP contribution in [0.3, 0.4) is 0 Å². The van der Waals surface area contributed by atoms with Crippen molar-refractivity contribution in [1.29, 1.82) is 0 Å². The molecule has 0 radical (unpaired) electrons. The van der Waals surface area contributed by atoms with Crippen LogP contribution < -0.4 is 10.6 Å². The molecule has 148 valence electrons. The monoisotopic (exact) mass is 401 g/mol. The summed E-state index contributed by atoms with van der Waals surface area (Å²) in [5, 5.41) is 7.70. The van der Waals surface area contributed by atoms with Gasteiger partial charge >= 0.3 is 5.97 Å². The van der Waals surface area contributed by atoms with Crippen molar-refractivity contribution in [2.45, 2.75) is 25.6 Å². The van der Waals surface area contributed by atoms with Gasteiger partial charge in [-0.1, -0.05) is 18.2 Å². The molecule has 2 aromatic rings. The molecule has 1 aromatic heterocycles. The van der Waals surface area contributed by atoms with Crippen LogP contribution in [0.15, 0.2) is 41.8 Å². The Labute approximate surface area is 167 Å². The van der Waals surface area contributed by atoms with Crippen molar-refractivity contribution in [1.82, 2.24) is 15.5 Å². The van der Waals surface area contributed by atoms with E-state index in [1.54, 1.807) is 35.6 Å². The minimum atomic E-state index is -0.474. The number of rotatable bonds is 7. The summed E-state index contributed by atoms with van der Waals surface area (Å²) in [6.45, 7) is 2.31. The maximum atomic E-state index is 12.4. The first-order valence-electron chi connectivity index (χ1n) is 9.05. The molecule has 3 rings (SSSR count). The summed E-state index contributed by atoms with van der Waals surface area (Å²) in [7, 11) is 1.33. The fourth-order valence-electron chi connectivity index (χ4n) is 3.10. The van der Waals surface area contributed by atoms with Crippen LogP contribution in [0.5, 0.6) is 0 Å². The largest absolute Gasteiger partial charge is 0.465 e. The molecule has 2 heterocycles. The third-order valence-corrected chi connectivity index (χ3v) is 5.49. The number of carbonyl (C=O) groups excluding carboxylic acids is 3. The second-order valence-electron chi connectivity index (χ2n) is 6.53. The van der Waals surface area contributed by atoms with Crippen LogP contribution in [-0.2, 0) is 27.4 Å². The molecule has 7 nitrogen and oxygen atoms in total. The van der Waals surface area contributed by atoms with Crippen molar-refractivity contribution in [3.63, 3.8) is 0 Å². The minimum Gasteiger partial charge on any atom is -0.465 e. The number of esters is 1. The Balaban J connectivity index is 1.54. The van der Waals surface area contributed by atoms with Crippen molar-refractivity contribution in [2.24, 2.45) is 0 Å². The maximum Gasteiger partial charge on any atom is 0.337 e. The number of nitrogens with one attached hydrogen (secondary N) is 2. The highest BCUT2D eigenvalue weighted by Gasteiger charge is 2.31. The van der Waals surface area contributed by atoms with Gasteiger partial charge in [-0.2, -0.15) is 0 Å². The molecule has 28 heavy (non-hydrogen) atoms. The number of thiophene rings is 1. The van der Waals surface area contributed by atoms with Gasteiger partial charge < -0.3 is 15.4 Å². The molecular weight excluding hydrogens is 378 g/mol. The number of amides is 2. The number of ether oxygens (including phenoxy) is 1. The summed E-state index contributed by atoms with van der Waals surface area (Å²) in [4.78, 5) is 39.4. The molecule has 0 aliphatic carbocycles. The van der Waals surface area contributed by atoms with Crippen molar-refractivity contribution >= 4 is 29.1 Å². The number of benzene rings is 1. The molecule has 2 amide bonds. The highest BCUT2D eigenvalue weighted by Crippen LogP contribution is 2.17. The average molecular weight is 401 g/mol. The van der Waals surface area contributed by atoms with Crippen LogP contribution >= 0.6 is 11.3 Å². The quantitative estimate of drug-likeness (QED) is 0.688. The van der Waals surface area contributed by atoms with E-state index < -0.39 is 12.0 Å². The number of piperazine rings is 1. The fraction of sp³-hybridized carbons (Fsp3) is 0.350. The van der Waals surface area contributed by atoms with Gasteiger partial charge in [0.2, 0.25) is 11.8 Å². The number of methoxy groups -OCH3 is 1. The SMILES string of the molecule is COC(=O)c1ccc(CNC(=O)CC2C(=O)NCCN2Cc2cccs2)cc1. The summed E-state index contributed by atoms with van der Waals surface area (Å²) in [6, 6.07) is 10.4. The molecule has 0 spiro atoms. The van der Waals surface area contributed by atoms with E-state index in [-0.39, 0.29) is 18.2 Å². The summed E-state index contributed by atoms with van der Waals surface area (Å²) < 4.78 is 4.67. The standard InChI is InChI=1S/C20H23N3O4S/c1-27-20(26)15-6-4-14(5-7-15)12-22-18(24)11-17-19(25)21-8-9-23(17)13-16-3-2-10-28-16/h2-7,10,17H,8-9,11-13H2,1H3,(H,21,25)(H,22,24). The van der Waals surface area contributed by atoms with E-state index in [9.17, 15) is 14.4 Å². The second kappa shape index (κ2) is 9.48. The number of hydrogen-bond acceptors (Lipinski definition) is 6. The summed E-state index contributed by atoms with van der Waals surface area (Å²) >= 11 is 1.64. The third kappa shape index (κ3) is 5.17. The fourth-order valence-corrected chi connectivity index (χ4v) is 3.83. The molecule has 1 atom stereocenters. The van der Waals surface area contributed by atoms with Crippen LogP contribution in [0, 0.1) is 0 Å². The molecule has 0 bridgehead atoms. The molecule has 8 heteroatoms. The van der Waals surface area contributed by atoms with Crippen LogP contribution in [0.1, 0.15) is 27.2 Å². The second-order valence-corrected chi connectivity index (χ2v) is 7.56. The van der Waals surface area contributed by atoms with E-state index >= 15 is 0 Å². The van der Waals surface area contributed by atoms with Gasteiger partial charge in [0, 0.05) is 31.1 Å². The number of hydrogen-bond donors (Lipinski definition) is 2. The predicted molar refractivity (Wildman–Crippen MR) is 106 cm³/mol. The van der Waals surface area contributed by atoms with Gasteiger partial charge in [-0.05, 0) is 29.1 Å². The lowest BCUT2D eigenvalue weighted by Crippen LogP contribution is -2.56.